The van der Waals surface area contributed by atoms with Crippen molar-refractivity contribution in [3.63, 3.8) is 0 Å². The molecule has 0 aliphatic carbocycles. The monoisotopic (exact) mass is 416 g/mol. The molecular weight excluding hydrogens is 396 g/mol. The fourth-order valence-corrected chi connectivity index (χ4v) is 7.56. The number of sulfonamides is 1. The number of fused-ring (bicyclic) bond motifs is 1. The number of piperidine rings is 1. The molecule has 26 heavy (non-hydrogen) atoms. The van der Waals surface area contributed by atoms with E-state index < -0.39 is 19.9 Å². The van der Waals surface area contributed by atoms with E-state index in [-0.39, 0.29) is 28.5 Å². The number of hydrogen-bond acceptors (Lipinski definition) is 8. The summed E-state index contributed by atoms with van der Waals surface area (Å²) in [7, 11) is -6.58. The van der Waals surface area contributed by atoms with Gasteiger partial charge >= 0.3 is 0 Å². The van der Waals surface area contributed by atoms with Crippen molar-refractivity contribution in [1.82, 2.24) is 18.4 Å². The van der Waals surface area contributed by atoms with E-state index in [1.807, 2.05) is 0 Å². The maximum atomic E-state index is 12.8. The van der Waals surface area contributed by atoms with Crippen molar-refractivity contribution < 1.29 is 16.8 Å². The average Bonchev–Trinajstić information content (AvgIpc) is 3.20. The van der Waals surface area contributed by atoms with Crippen molar-refractivity contribution in [1.29, 1.82) is 0 Å². The predicted octanol–water partition coefficient (Wildman–Crippen LogP) is 0.621. The number of hydrogen-bond donors (Lipinski definition) is 1. The highest BCUT2D eigenvalue weighted by Gasteiger charge is 2.35. The molecule has 0 bridgehead atoms. The molecular formula is C15H20N4O4S3. The van der Waals surface area contributed by atoms with Crippen LogP contribution in [0.3, 0.4) is 0 Å². The Morgan fingerprint density at radius 3 is 2.62 bits per heavy atom. The third kappa shape index (κ3) is 3.63. The molecule has 0 radical (unpaired) electrons. The lowest BCUT2D eigenvalue weighted by Gasteiger charge is -2.35. The largest absolute Gasteiger partial charge is 0.299 e. The van der Waals surface area contributed by atoms with Gasteiger partial charge in [0.1, 0.15) is 15.9 Å². The molecule has 0 amide bonds. The SMILES string of the molecule is O=S1(=O)CC[C@@H](N2CCC(NS(=O)(=O)c3cccc4nsnc34)CC2)C1. The van der Waals surface area contributed by atoms with Gasteiger partial charge in [-0.15, -0.1) is 0 Å². The molecule has 4 rings (SSSR count). The standard InChI is InChI=1S/C15H20N4O4S3/c20-25(21)9-6-12(10-25)19-7-4-11(5-8-19)18-26(22,23)14-3-1-2-13-15(14)17-24-16-13/h1-3,11-12,18H,4-10H2/t12-/m1/s1. The van der Waals surface area contributed by atoms with Crippen molar-refractivity contribution >= 4 is 42.6 Å². The van der Waals surface area contributed by atoms with Gasteiger partial charge in [-0.2, -0.15) is 8.75 Å². The highest BCUT2D eigenvalue weighted by molar-refractivity contribution is 7.91. The molecule has 2 aliphatic rings. The molecule has 2 aliphatic heterocycles. The second-order valence-electron chi connectivity index (χ2n) is 6.88. The van der Waals surface area contributed by atoms with E-state index >= 15 is 0 Å². The van der Waals surface area contributed by atoms with Crippen molar-refractivity contribution in [2.24, 2.45) is 0 Å². The van der Waals surface area contributed by atoms with Crippen molar-refractivity contribution in [2.45, 2.75) is 36.2 Å². The van der Waals surface area contributed by atoms with Crippen LogP contribution in [0.25, 0.3) is 11.0 Å². The van der Waals surface area contributed by atoms with Crippen LogP contribution in [-0.2, 0) is 19.9 Å². The molecule has 2 aromatic rings. The molecule has 0 spiro atoms. The third-order valence-corrected chi connectivity index (χ3v) is 8.96. The topological polar surface area (TPSA) is 109 Å². The number of benzene rings is 1. The molecule has 0 saturated carbocycles. The fourth-order valence-electron chi connectivity index (χ4n) is 3.73. The van der Waals surface area contributed by atoms with Crippen LogP contribution in [0.4, 0.5) is 0 Å². The Balaban J connectivity index is 1.42. The van der Waals surface area contributed by atoms with Gasteiger partial charge in [-0.3, -0.25) is 4.90 Å². The zero-order chi connectivity index (χ0) is 18.4. The number of aromatic nitrogens is 2. The lowest BCUT2D eigenvalue weighted by molar-refractivity contribution is 0.161. The summed E-state index contributed by atoms with van der Waals surface area (Å²) in [6.07, 6.45) is 2.01. The molecule has 8 nitrogen and oxygen atoms in total. The van der Waals surface area contributed by atoms with E-state index in [1.54, 1.807) is 18.2 Å². The highest BCUT2D eigenvalue weighted by Crippen LogP contribution is 2.24. The minimum Gasteiger partial charge on any atom is -0.299 e. The molecule has 1 atom stereocenters. The molecule has 2 fully saturated rings. The van der Waals surface area contributed by atoms with Crippen LogP contribution in [0.2, 0.25) is 0 Å². The van der Waals surface area contributed by atoms with Gasteiger partial charge in [-0.1, -0.05) is 6.07 Å². The zero-order valence-electron chi connectivity index (χ0n) is 14.0. The summed E-state index contributed by atoms with van der Waals surface area (Å²) in [6.45, 7) is 1.41. The first-order valence-electron chi connectivity index (χ1n) is 8.52. The van der Waals surface area contributed by atoms with E-state index in [9.17, 15) is 16.8 Å². The minimum absolute atomic E-state index is 0.0763. The maximum absolute atomic E-state index is 12.8. The van der Waals surface area contributed by atoms with Gasteiger partial charge in [0.2, 0.25) is 10.0 Å². The Morgan fingerprint density at radius 1 is 1.15 bits per heavy atom. The summed E-state index contributed by atoms with van der Waals surface area (Å²) in [5.41, 5.74) is 0.980. The predicted molar refractivity (Wildman–Crippen MR) is 99.4 cm³/mol. The first kappa shape index (κ1) is 18.2. The summed E-state index contributed by atoms with van der Waals surface area (Å²) < 4.78 is 59.8. The Kier molecular flexibility index (Phi) is 4.76. The van der Waals surface area contributed by atoms with E-state index in [4.69, 9.17) is 0 Å². The number of rotatable bonds is 4. The Hall–Kier alpha value is -1.14. The van der Waals surface area contributed by atoms with Gasteiger partial charge in [0, 0.05) is 12.1 Å². The van der Waals surface area contributed by atoms with Crippen molar-refractivity contribution in [3.05, 3.63) is 18.2 Å². The smallest absolute Gasteiger partial charge is 0.243 e. The van der Waals surface area contributed by atoms with Crippen LogP contribution >= 0.6 is 11.7 Å². The van der Waals surface area contributed by atoms with Gasteiger partial charge < -0.3 is 0 Å². The summed E-state index contributed by atoms with van der Waals surface area (Å²) >= 11 is 0.995. The third-order valence-electron chi connectivity index (χ3n) is 5.11. The summed E-state index contributed by atoms with van der Waals surface area (Å²) in [5.74, 6) is 0.484. The van der Waals surface area contributed by atoms with Gasteiger partial charge in [-0.25, -0.2) is 21.6 Å². The second kappa shape index (κ2) is 6.79. The molecule has 2 saturated heterocycles. The number of nitrogens with zero attached hydrogens (tertiary/aromatic N) is 3. The fraction of sp³-hybridized carbons (Fsp3) is 0.600. The average molecular weight is 417 g/mol. The first-order chi connectivity index (χ1) is 12.3. The van der Waals surface area contributed by atoms with Crippen LogP contribution in [0.5, 0.6) is 0 Å². The Bertz CT molecular complexity index is 1010. The van der Waals surface area contributed by atoms with Gasteiger partial charge in [-0.05, 0) is 44.5 Å². The van der Waals surface area contributed by atoms with Crippen LogP contribution < -0.4 is 4.72 Å². The van der Waals surface area contributed by atoms with Crippen molar-refractivity contribution in [2.75, 3.05) is 24.6 Å². The van der Waals surface area contributed by atoms with Gasteiger partial charge in [0.05, 0.1) is 23.2 Å². The number of sulfone groups is 1. The maximum Gasteiger partial charge on any atom is 0.243 e. The molecule has 1 aromatic heterocycles. The molecule has 1 N–H and O–H groups in total. The minimum atomic E-state index is -3.67. The molecule has 3 heterocycles. The van der Waals surface area contributed by atoms with Gasteiger partial charge in [0.15, 0.2) is 9.84 Å². The second-order valence-corrected chi connectivity index (χ2v) is 11.3. The van der Waals surface area contributed by atoms with E-state index in [2.05, 4.69) is 18.4 Å². The molecule has 1 aromatic carbocycles. The van der Waals surface area contributed by atoms with Crippen LogP contribution in [0.15, 0.2) is 23.1 Å². The quantitative estimate of drug-likeness (QED) is 0.778. The lowest BCUT2D eigenvalue weighted by atomic mass is 10.0. The normalized spacial score (nSPS) is 25.0. The summed E-state index contributed by atoms with van der Waals surface area (Å²) in [6, 6.07) is 4.88. The number of likely N-dealkylation sites (tertiary alicyclic amines) is 1. The highest BCUT2D eigenvalue weighted by atomic mass is 32.2. The van der Waals surface area contributed by atoms with E-state index in [0.29, 0.717) is 43.4 Å². The van der Waals surface area contributed by atoms with Gasteiger partial charge in [0.25, 0.3) is 0 Å². The first-order valence-corrected chi connectivity index (χ1v) is 12.6. The van der Waals surface area contributed by atoms with Crippen LogP contribution in [0, 0.1) is 0 Å². The molecule has 142 valence electrons. The van der Waals surface area contributed by atoms with Crippen LogP contribution in [0.1, 0.15) is 19.3 Å². The van der Waals surface area contributed by atoms with Crippen LogP contribution in [-0.4, -0.2) is 67.2 Å². The van der Waals surface area contributed by atoms with Crippen molar-refractivity contribution in [3.8, 4) is 0 Å². The summed E-state index contributed by atoms with van der Waals surface area (Å²) in [5, 5.41) is 0. The number of nitrogens with one attached hydrogen (secondary N) is 1. The van der Waals surface area contributed by atoms with E-state index in [0.717, 1.165) is 11.7 Å². The Morgan fingerprint density at radius 2 is 1.92 bits per heavy atom. The lowest BCUT2D eigenvalue weighted by Crippen LogP contribution is -2.48. The molecule has 11 heteroatoms. The zero-order valence-corrected chi connectivity index (χ0v) is 16.5. The van der Waals surface area contributed by atoms with E-state index in [1.165, 1.54) is 0 Å². The Labute approximate surface area is 156 Å². The molecule has 0 unspecified atom stereocenters. The summed E-state index contributed by atoms with van der Waals surface area (Å²) in [4.78, 5) is 2.34.